The molecule has 1 aromatic carbocycles. The van der Waals surface area contributed by atoms with Crippen molar-refractivity contribution in [2.24, 2.45) is 5.73 Å². The number of benzene rings is 1. The van der Waals surface area contributed by atoms with E-state index >= 15 is 0 Å². The molecule has 0 fully saturated rings. The lowest BCUT2D eigenvalue weighted by molar-refractivity contribution is -0.138. The van der Waals surface area contributed by atoms with Crippen molar-refractivity contribution in [1.29, 1.82) is 0 Å². The summed E-state index contributed by atoms with van der Waals surface area (Å²) in [7, 11) is 0. The number of primary amides is 1. The predicted octanol–water partition coefficient (Wildman–Crippen LogP) is 5.92. The third-order valence-corrected chi connectivity index (χ3v) is 6.57. The molecule has 2 aromatic heterocycles. The first-order valence-electron chi connectivity index (χ1n) is 12.5. The van der Waals surface area contributed by atoms with E-state index in [-0.39, 0.29) is 30.5 Å². The maximum absolute atomic E-state index is 14.2. The van der Waals surface area contributed by atoms with Gasteiger partial charge in [0.1, 0.15) is 23.9 Å². The summed E-state index contributed by atoms with van der Waals surface area (Å²) in [6.45, 7) is 1.59. The fourth-order valence-electron chi connectivity index (χ4n) is 4.64. The average Bonchev–Trinajstić information content (AvgIpc) is 3.39. The number of pyridine rings is 1. The lowest BCUT2D eigenvalue weighted by atomic mass is 9.91. The molecule has 13 heteroatoms. The SMILES string of the molecule is CCC(C(=O)N[C@@H](CC1=CC(F)=CC(F)C1)c1ncccc1-c1ccc(F)c(C(N)=O)c1)n1cc(C(F)(F)F)cn1. The van der Waals surface area contributed by atoms with Gasteiger partial charge in [0.2, 0.25) is 5.91 Å². The fraction of sp³-hybridized carbons (Fsp3) is 0.286. The minimum atomic E-state index is -4.66. The summed E-state index contributed by atoms with van der Waals surface area (Å²) in [6.07, 6.45) is -1.76. The highest BCUT2D eigenvalue weighted by atomic mass is 19.4. The molecule has 3 N–H and O–H groups in total. The standard InChI is InChI=1S/C28H25F6N5O2/c1-2-24(39-14-17(13-37-39)28(32,33)34)27(41)38-23(10-15-8-18(29)12-19(30)9-15)25-20(4-3-7-36-25)16-5-6-22(31)21(11-16)26(35)40/h3-8,11-14,19,23-24H,2,9-10H2,1H3,(H2,35,40)(H,38,41)/t19?,23-,24?/m0/s1. The largest absolute Gasteiger partial charge is 0.419 e. The Bertz CT molecular complexity index is 1510. The highest BCUT2D eigenvalue weighted by molar-refractivity contribution is 5.94. The maximum Gasteiger partial charge on any atom is 0.419 e. The van der Waals surface area contributed by atoms with Crippen molar-refractivity contribution in [2.75, 3.05) is 0 Å². The van der Waals surface area contributed by atoms with E-state index in [1.807, 2.05) is 0 Å². The molecule has 0 bridgehead atoms. The van der Waals surface area contributed by atoms with E-state index in [1.165, 1.54) is 18.3 Å². The zero-order valence-electron chi connectivity index (χ0n) is 21.6. The van der Waals surface area contributed by atoms with E-state index < -0.39 is 53.5 Å². The normalized spacial score (nSPS) is 16.9. The van der Waals surface area contributed by atoms with Gasteiger partial charge in [-0.3, -0.25) is 19.3 Å². The van der Waals surface area contributed by atoms with Crippen LogP contribution in [-0.4, -0.2) is 32.8 Å². The summed E-state index contributed by atoms with van der Waals surface area (Å²) >= 11 is 0. The van der Waals surface area contributed by atoms with Crippen LogP contribution < -0.4 is 11.1 Å². The highest BCUT2D eigenvalue weighted by Gasteiger charge is 2.34. The van der Waals surface area contributed by atoms with Gasteiger partial charge in [-0.1, -0.05) is 24.6 Å². The molecular weight excluding hydrogens is 552 g/mol. The Labute approximate surface area is 230 Å². The molecule has 0 saturated carbocycles. The predicted molar refractivity (Wildman–Crippen MR) is 137 cm³/mol. The van der Waals surface area contributed by atoms with Crippen LogP contribution in [0.5, 0.6) is 0 Å². The molecule has 1 aliphatic carbocycles. The van der Waals surface area contributed by atoms with Crippen molar-refractivity contribution in [3.63, 3.8) is 0 Å². The molecule has 0 aliphatic heterocycles. The van der Waals surface area contributed by atoms with Crippen LogP contribution in [0.4, 0.5) is 26.3 Å². The number of alkyl halides is 4. The Morgan fingerprint density at radius 1 is 1.22 bits per heavy atom. The summed E-state index contributed by atoms with van der Waals surface area (Å²) < 4.78 is 82.7. The van der Waals surface area contributed by atoms with Gasteiger partial charge in [-0.05, 0) is 48.8 Å². The number of amides is 2. The zero-order chi connectivity index (χ0) is 29.9. The van der Waals surface area contributed by atoms with Crippen LogP contribution in [-0.2, 0) is 11.0 Å². The summed E-state index contributed by atoms with van der Waals surface area (Å²) in [5.74, 6) is -3.36. The molecule has 7 nitrogen and oxygen atoms in total. The number of carbonyl (C=O) groups is 2. The lowest BCUT2D eigenvalue weighted by Gasteiger charge is -2.26. The Hall–Kier alpha value is -4.42. The number of aromatic nitrogens is 3. The molecular formula is C28H25F6N5O2. The Morgan fingerprint density at radius 3 is 2.61 bits per heavy atom. The van der Waals surface area contributed by atoms with Crippen LogP contribution in [0.25, 0.3) is 11.1 Å². The van der Waals surface area contributed by atoms with Crippen molar-refractivity contribution in [2.45, 2.75) is 50.6 Å². The first kappa shape index (κ1) is 29.6. The second-order valence-electron chi connectivity index (χ2n) is 9.47. The van der Waals surface area contributed by atoms with Gasteiger partial charge in [0, 0.05) is 24.4 Å². The molecule has 0 radical (unpaired) electrons. The summed E-state index contributed by atoms with van der Waals surface area (Å²) in [5, 5.41) is 6.47. The van der Waals surface area contributed by atoms with Gasteiger partial charge in [-0.25, -0.2) is 13.2 Å². The van der Waals surface area contributed by atoms with Gasteiger partial charge in [-0.2, -0.15) is 18.3 Å². The monoisotopic (exact) mass is 577 g/mol. The van der Waals surface area contributed by atoms with Crippen LogP contribution in [0, 0.1) is 5.82 Å². The quantitative estimate of drug-likeness (QED) is 0.308. The van der Waals surface area contributed by atoms with E-state index in [1.54, 1.807) is 19.1 Å². The van der Waals surface area contributed by atoms with E-state index in [0.29, 0.717) is 22.9 Å². The molecule has 0 spiro atoms. The fourth-order valence-corrected chi connectivity index (χ4v) is 4.64. The van der Waals surface area contributed by atoms with E-state index in [0.717, 1.165) is 29.1 Å². The van der Waals surface area contributed by atoms with Gasteiger partial charge < -0.3 is 11.1 Å². The Morgan fingerprint density at radius 2 is 1.98 bits per heavy atom. The van der Waals surface area contributed by atoms with Gasteiger partial charge in [0.15, 0.2) is 0 Å². The molecule has 41 heavy (non-hydrogen) atoms. The molecule has 3 atom stereocenters. The smallest absolute Gasteiger partial charge is 0.366 e. The minimum absolute atomic E-state index is 0.0686. The maximum atomic E-state index is 14.2. The van der Waals surface area contributed by atoms with Gasteiger partial charge >= 0.3 is 6.18 Å². The summed E-state index contributed by atoms with van der Waals surface area (Å²) in [4.78, 5) is 29.6. The Balaban J connectivity index is 1.75. The van der Waals surface area contributed by atoms with E-state index in [2.05, 4.69) is 15.4 Å². The van der Waals surface area contributed by atoms with Crippen molar-refractivity contribution in [3.05, 3.63) is 95.1 Å². The number of nitrogens with zero attached hydrogens (tertiary/aromatic N) is 3. The van der Waals surface area contributed by atoms with Crippen LogP contribution in [0.2, 0.25) is 0 Å². The number of halogens is 6. The molecule has 2 unspecified atom stereocenters. The van der Waals surface area contributed by atoms with Crippen molar-refractivity contribution >= 4 is 11.8 Å². The molecule has 4 rings (SSSR count). The number of hydrogen-bond acceptors (Lipinski definition) is 4. The first-order valence-corrected chi connectivity index (χ1v) is 12.5. The number of nitrogens with two attached hydrogens (primary N) is 1. The molecule has 2 amide bonds. The first-order chi connectivity index (χ1) is 19.4. The van der Waals surface area contributed by atoms with Gasteiger partial charge in [0.25, 0.3) is 5.91 Å². The van der Waals surface area contributed by atoms with Gasteiger partial charge in [-0.15, -0.1) is 0 Å². The number of allylic oxidation sites excluding steroid dienone is 3. The average molecular weight is 578 g/mol. The highest BCUT2D eigenvalue weighted by Crippen LogP contribution is 2.35. The van der Waals surface area contributed by atoms with Crippen LogP contribution in [0.1, 0.15) is 59.9 Å². The van der Waals surface area contributed by atoms with E-state index in [9.17, 15) is 35.9 Å². The number of carbonyl (C=O) groups excluding carboxylic acids is 2. The second-order valence-corrected chi connectivity index (χ2v) is 9.47. The molecule has 1 aliphatic rings. The number of hydrogen-bond donors (Lipinski definition) is 2. The van der Waals surface area contributed by atoms with Crippen LogP contribution in [0.15, 0.2) is 72.5 Å². The van der Waals surface area contributed by atoms with Crippen LogP contribution >= 0.6 is 0 Å². The van der Waals surface area contributed by atoms with Crippen LogP contribution in [0.3, 0.4) is 0 Å². The lowest BCUT2D eigenvalue weighted by Crippen LogP contribution is -2.36. The third-order valence-electron chi connectivity index (χ3n) is 6.57. The van der Waals surface area contributed by atoms with Crippen molar-refractivity contribution in [3.8, 4) is 11.1 Å². The van der Waals surface area contributed by atoms with Crippen molar-refractivity contribution in [1.82, 2.24) is 20.1 Å². The molecule has 2 heterocycles. The van der Waals surface area contributed by atoms with Gasteiger partial charge in [0.05, 0.1) is 29.1 Å². The topological polar surface area (TPSA) is 103 Å². The minimum Gasteiger partial charge on any atom is -0.366 e. The number of nitrogens with one attached hydrogen (secondary N) is 1. The molecule has 216 valence electrons. The number of rotatable bonds is 9. The summed E-state index contributed by atoms with van der Waals surface area (Å²) in [6, 6.07) is 4.60. The summed E-state index contributed by atoms with van der Waals surface area (Å²) in [5.41, 5.74) is 5.08. The third kappa shape index (κ3) is 6.84. The second kappa shape index (κ2) is 12.0. The van der Waals surface area contributed by atoms with Crippen molar-refractivity contribution < 1.29 is 35.9 Å². The Kier molecular flexibility index (Phi) is 8.64. The van der Waals surface area contributed by atoms with E-state index in [4.69, 9.17) is 5.73 Å². The molecule has 3 aromatic rings. The molecule has 0 saturated heterocycles. The zero-order valence-corrected chi connectivity index (χ0v) is 21.6.